The Morgan fingerprint density at radius 3 is 2.41 bits per heavy atom. The van der Waals surface area contributed by atoms with Gasteiger partial charge >= 0.3 is 0 Å². The van der Waals surface area contributed by atoms with E-state index in [0.29, 0.717) is 30.3 Å². The summed E-state index contributed by atoms with van der Waals surface area (Å²) in [4.78, 5) is 13.6. The van der Waals surface area contributed by atoms with E-state index in [9.17, 15) is 8.42 Å². The minimum absolute atomic E-state index is 0.328. The normalized spacial score (nSPS) is 19.6. The average Bonchev–Trinajstić information content (AvgIpc) is 3.06. The van der Waals surface area contributed by atoms with Crippen LogP contribution in [0.2, 0.25) is 0 Å². The largest absolute Gasteiger partial charge is 0.444 e. The Kier molecular flexibility index (Phi) is 5.89. The van der Waals surface area contributed by atoms with E-state index in [1.807, 2.05) is 13.8 Å². The Morgan fingerprint density at radius 1 is 1.03 bits per heavy atom. The van der Waals surface area contributed by atoms with Gasteiger partial charge in [-0.05, 0) is 38.8 Å². The van der Waals surface area contributed by atoms with Crippen LogP contribution >= 0.6 is 0 Å². The summed E-state index contributed by atoms with van der Waals surface area (Å²) >= 11 is 0. The first-order valence-electron chi connectivity index (χ1n) is 10.3. The summed E-state index contributed by atoms with van der Waals surface area (Å²) in [5, 5.41) is 0. The van der Waals surface area contributed by atoms with Crippen LogP contribution in [0.1, 0.15) is 36.6 Å². The highest BCUT2D eigenvalue weighted by atomic mass is 32.2. The fraction of sp³-hybridized carbons (Fsp3) is 0.600. The maximum absolute atomic E-state index is 13.2. The highest BCUT2D eigenvalue weighted by Crippen LogP contribution is 2.28. The van der Waals surface area contributed by atoms with Crippen LogP contribution in [0, 0.1) is 13.8 Å². The quantitative estimate of drug-likeness (QED) is 0.735. The number of aryl methyl sites for hydroxylation is 2. The van der Waals surface area contributed by atoms with Crippen molar-refractivity contribution in [3.8, 4) is 0 Å². The van der Waals surface area contributed by atoms with E-state index in [-0.39, 0.29) is 0 Å². The predicted octanol–water partition coefficient (Wildman–Crippen LogP) is 2.18. The van der Waals surface area contributed by atoms with E-state index < -0.39 is 10.0 Å². The zero-order valence-electron chi connectivity index (χ0n) is 17.2. The number of hydrogen-bond donors (Lipinski definition) is 0. The molecule has 2 aromatic rings. The van der Waals surface area contributed by atoms with Gasteiger partial charge in [-0.25, -0.2) is 18.4 Å². The minimum Gasteiger partial charge on any atom is -0.444 e. The number of pyridine rings is 1. The lowest BCUT2D eigenvalue weighted by molar-refractivity contribution is 0.224. The number of oxazole rings is 1. The van der Waals surface area contributed by atoms with Crippen LogP contribution in [0.15, 0.2) is 27.6 Å². The van der Waals surface area contributed by atoms with Crippen LogP contribution in [0.25, 0.3) is 0 Å². The van der Waals surface area contributed by atoms with E-state index in [4.69, 9.17) is 4.42 Å². The third kappa shape index (κ3) is 4.31. The van der Waals surface area contributed by atoms with Crippen molar-refractivity contribution in [1.82, 2.24) is 19.2 Å². The predicted molar refractivity (Wildman–Crippen MR) is 110 cm³/mol. The maximum atomic E-state index is 13.2. The summed E-state index contributed by atoms with van der Waals surface area (Å²) in [6.45, 7) is 8.79. The number of sulfonamides is 1. The first-order chi connectivity index (χ1) is 13.9. The Balaban J connectivity index is 1.46. The molecule has 158 valence electrons. The van der Waals surface area contributed by atoms with E-state index in [1.54, 1.807) is 22.6 Å². The zero-order valence-corrected chi connectivity index (χ0v) is 18.0. The van der Waals surface area contributed by atoms with E-state index in [1.165, 1.54) is 0 Å². The molecule has 0 atom stereocenters. The summed E-state index contributed by atoms with van der Waals surface area (Å²) in [7, 11) is -3.52. The van der Waals surface area contributed by atoms with Crippen molar-refractivity contribution in [2.75, 3.05) is 44.2 Å². The maximum Gasteiger partial charge on any atom is 0.246 e. The molecule has 9 heteroatoms. The molecule has 0 radical (unpaired) electrons. The van der Waals surface area contributed by atoms with Crippen molar-refractivity contribution in [3.05, 3.63) is 35.7 Å². The molecule has 0 aromatic carbocycles. The molecule has 2 fully saturated rings. The molecule has 4 rings (SSSR count). The lowest BCUT2D eigenvalue weighted by atomic mass is 10.2. The summed E-state index contributed by atoms with van der Waals surface area (Å²) < 4.78 is 33.7. The third-order valence-electron chi connectivity index (χ3n) is 5.79. The molecule has 2 aliphatic heterocycles. The van der Waals surface area contributed by atoms with Crippen LogP contribution in [-0.2, 0) is 16.6 Å². The molecule has 2 aliphatic rings. The molecule has 0 N–H and O–H groups in total. The van der Waals surface area contributed by atoms with Crippen molar-refractivity contribution in [1.29, 1.82) is 0 Å². The summed E-state index contributed by atoms with van der Waals surface area (Å²) in [5.74, 6) is 2.17. The van der Waals surface area contributed by atoms with Crippen molar-refractivity contribution in [2.24, 2.45) is 0 Å². The molecule has 4 heterocycles. The first kappa shape index (κ1) is 20.3. The smallest absolute Gasteiger partial charge is 0.246 e. The van der Waals surface area contributed by atoms with Gasteiger partial charge in [0.2, 0.25) is 15.9 Å². The topological polar surface area (TPSA) is 82.8 Å². The Labute approximate surface area is 172 Å². The molecule has 2 saturated heterocycles. The fourth-order valence-electron chi connectivity index (χ4n) is 3.98. The highest BCUT2D eigenvalue weighted by molar-refractivity contribution is 7.89. The molecular weight excluding hydrogens is 390 g/mol. The van der Waals surface area contributed by atoms with Crippen LogP contribution in [0.5, 0.6) is 0 Å². The third-order valence-corrected chi connectivity index (χ3v) is 7.71. The number of anilines is 1. The second-order valence-corrected chi connectivity index (χ2v) is 9.71. The first-order valence-corrected chi connectivity index (χ1v) is 11.7. The number of hydrogen-bond acceptors (Lipinski definition) is 7. The summed E-state index contributed by atoms with van der Waals surface area (Å²) in [5.41, 5.74) is 0.930. The van der Waals surface area contributed by atoms with Crippen LogP contribution in [-0.4, -0.2) is 66.9 Å². The SMILES string of the molecule is Cc1nc(CN2CCN(c3ncccc3S(=O)(=O)N3CCCCC3)CC2)oc1C. The zero-order chi connectivity index (χ0) is 20.4. The van der Waals surface area contributed by atoms with Crippen molar-refractivity contribution < 1.29 is 12.8 Å². The van der Waals surface area contributed by atoms with Gasteiger partial charge in [-0.3, -0.25) is 4.90 Å². The van der Waals surface area contributed by atoms with Gasteiger partial charge in [-0.15, -0.1) is 0 Å². The van der Waals surface area contributed by atoms with E-state index >= 15 is 0 Å². The van der Waals surface area contributed by atoms with Crippen molar-refractivity contribution in [2.45, 2.75) is 44.6 Å². The Morgan fingerprint density at radius 2 is 1.76 bits per heavy atom. The monoisotopic (exact) mass is 419 g/mol. The lowest BCUT2D eigenvalue weighted by Gasteiger charge is -2.36. The van der Waals surface area contributed by atoms with Gasteiger partial charge < -0.3 is 9.32 Å². The van der Waals surface area contributed by atoms with Gasteiger partial charge in [0.1, 0.15) is 16.5 Å². The number of nitrogens with zero attached hydrogens (tertiary/aromatic N) is 5. The summed E-state index contributed by atoms with van der Waals surface area (Å²) in [6, 6.07) is 3.40. The average molecular weight is 420 g/mol. The van der Waals surface area contributed by atoms with E-state index in [0.717, 1.165) is 62.8 Å². The number of aromatic nitrogens is 2. The van der Waals surface area contributed by atoms with Crippen LogP contribution < -0.4 is 4.90 Å². The molecule has 0 bridgehead atoms. The second-order valence-electron chi connectivity index (χ2n) is 7.80. The highest BCUT2D eigenvalue weighted by Gasteiger charge is 2.31. The molecule has 0 amide bonds. The molecule has 2 aromatic heterocycles. The fourth-order valence-corrected chi connectivity index (χ4v) is 5.66. The molecule has 0 saturated carbocycles. The van der Waals surface area contributed by atoms with Crippen molar-refractivity contribution in [3.63, 3.8) is 0 Å². The second kappa shape index (κ2) is 8.41. The molecular formula is C20H29N5O3S. The molecule has 0 unspecified atom stereocenters. The lowest BCUT2D eigenvalue weighted by Crippen LogP contribution is -2.47. The number of piperidine rings is 1. The van der Waals surface area contributed by atoms with Gasteiger partial charge in [-0.2, -0.15) is 4.31 Å². The standard InChI is InChI=1S/C20H29N5O3S/c1-16-17(2)28-19(22-16)15-23-11-13-24(14-12-23)20-18(7-6-8-21-20)29(26,27)25-9-4-3-5-10-25/h6-8H,3-5,9-15H2,1-2H3. The summed E-state index contributed by atoms with van der Waals surface area (Å²) in [6.07, 6.45) is 4.62. The van der Waals surface area contributed by atoms with Gasteiger partial charge in [-0.1, -0.05) is 6.42 Å². The molecule has 0 aliphatic carbocycles. The number of rotatable bonds is 5. The van der Waals surface area contributed by atoms with Crippen molar-refractivity contribution >= 4 is 15.8 Å². The van der Waals surface area contributed by atoms with Gasteiger partial charge in [0.15, 0.2) is 0 Å². The van der Waals surface area contributed by atoms with Crippen LogP contribution in [0.3, 0.4) is 0 Å². The Bertz CT molecular complexity index is 925. The van der Waals surface area contributed by atoms with Gasteiger partial charge in [0, 0.05) is 45.5 Å². The van der Waals surface area contributed by atoms with E-state index in [2.05, 4.69) is 19.8 Å². The molecule has 29 heavy (non-hydrogen) atoms. The van der Waals surface area contributed by atoms with Crippen LogP contribution in [0.4, 0.5) is 5.82 Å². The molecule has 0 spiro atoms. The van der Waals surface area contributed by atoms with Gasteiger partial charge in [0.25, 0.3) is 0 Å². The minimum atomic E-state index is -3.52. The number of piperazine rings is 1. The Hall–Kier alpha value is -1.97. The van der Waals surface area contributed by atoms with Gasteiger partial charge in [0.05, 0.1) is 12.2 Å². The molecule has 8 nitrogen and oxygen atoms in total.